The summed E-state index contributed by atoms with van der Waals surface area (Å²) < 4.78 is 15.4. The van der Waals surface area contributed by atoms with Crippen molar-refractivity contribution in [2.24, 2.45) is 0 Å². The van der Waals surface area contributed by atoms with E-state index in [0.717, 1.165) is 5.56 Å². The van der Waals surface area contributed by atoms with Gasteiger partial charge in [-0.25, -0.2) is 4.79 Å². The summed E-state index contributed by atoms with van der Waals surface area (Å²) in [6.07, 6.45) is 0. The zero-order chi connectivity index (χ0) is 16.0. The van der Waals surface area contributed by atoms with Gasteiger partial charge in [0.25, 0.3) is 0 Å². The first-order valence-corrected chi connectivity index (χ1v) is 6.52. The minimum absolute atomic E-state index is 0.0199. The van der Waals surface area contributed by atoms with E-state index in [2.05, 4.69) is 0 Å². The molecule has 0 fully saturated rings. The third-order valence-electron chi connectivity index (χ3n) is 3.64. The number of aromatic hydroxyl groups is 2. The molecule has 2 aromatic carbocycles. The normalized spacial score (nSPS) is 11.0. The highest BCUT2D eigenvalue weighted by Gasteiger charge is 2.20. The lowest BCUT2D eigenvalue weighted by Crippen LogP contribution is -2.02. The SMILES string of the molecule is COc1cc(O)c2c(c1)c(C)cc1c(OC)c(O)c(=O)oc12. The number of methoxy groups -OCH3 is 2. The number of aryl methyl sites for hydroxylation is 1. The number of phenols is 1. The van der Waals surface area contributed by atoms with Crippen LogP contribution in [0.15, 0.2) is 27.4 Å². The van der Waals surface area contributed by atoms with Crippen LogP contribution in [-0.2, 0) is 0 Å². The van der Waals surface area contributed by atoms with Crippen molar-refractivity contribution >= 4 is 21.7 Å². The maximum atomic E-state index is 11.8. The summed E-state index contributed by atoms with van der Waals surface area (Å²) >= 11 is 0. The molecule has 0 spiro atoms. The number of hydrogen-bond donors (Lipinski definition) is 2. The Morgan fingerprint density at radius 1 is 1.05 bits per heavy atom. The van der Waals surface area contributed by atoms with E-state index in [9.17, 15) is 15.0 Å². The molecular formula is C16H14O6. The van der Waals surface area contributed by atoms with E-state index >= 15 is 0 Å². The summed E-state index contributed by atoms with van der Waals surface area (Å²) in [5.74, 6) is -0.173. The molecule has 0 saturated carbocycles. The number of benzene rings is 2. The van der Waals surface area contributed by atoms with Crippen LogP contribution < -0.4 is 15.1 Å². The molecule has 3 rings (SSSR count). The number of hydrogen-bond acceptors (Lipinski definition) is 6. The molecule has 0 amide bonds. The van der Waals surface area contributed by atoms with Gasteiger partial charge in [0.05, 0.1) is 25.0 Å². The zero-order valence-corrected chi connectivity index (χ0v) is 12.3. The van der Waals surface area contributed by atoms with Crippen LogP contribution in [0.2, 0.25) is 0 Å². The summed E-state index contributed by atoms with van der Waals surface area (Å²) in [5.41, 5.74) is 0.0355. The number of rotatable bonds is 2. The lowest BCUT2D eigenvalue weighted by Gasteiger charge is -2.12. The van der Waals surface area contributed by atoms with E-state index in [1.807, 2.05) is 6.92 Å². The van der Waals surface area contributed by atoms with Crippen molar-refractivity contribution in [3.05, 3.63) is 34.2 Å². The third-order valence-corrected chi connectivity index (χ3v) is 3.64. The van der Waals surface area contributed by atoms with Crippen LogP contribution in [-0.4, -0.2) is 24.4 Å². The van der Waals surface area contributed by atoms with Gasteiger partial charge in [0, 0.05) is 6.07 Å². The predicted molar refractivity (Wildman–Crippen MR) is 81.2 cm³/mol. The van der Waals surface area contributed by atoms with Crippen LogP contribution in [0.5, 0.6) is 23.0 Å². The second-order valence-corrected chi connectivity index (χ2v) is 4.91. The molecule has 0 radical (unpaired) electrons. The van der Waals surface area contributed by atoms with Gasteiger partial charge in [-0.3, -0.25) is 0 Å². The molecule has 6 nitrogen and oxygen atoms in total. The molecule has 0 saturated heterocycles. The number of fused-ring (bicyclic) bond motifs is 3. The molecule has 0 aliphatic carbocycles. The van der Waals surface area contributed by atoms with Crippen molar-refractivity contribution in [3.63, 3.8) is 0 Å². The lowest BCUT2D eigenvalue weighted by atomic mass is 10.00. The smallest absolute Gasteiger partial charge is 0.382 e. The average molecular weight is 302 g/mol. The van der Waals surface area contributed by atoms with Gasteiger partial charge >= 0.3 is 5.63 Å². The average Bonchev–Trinajstić information content (AvgIpc) is 2.49. The van der Waals surface area contributed by atoms with Crippen LogP contribution in [0.25, 0.3) is 21.7 Å². The van der Waals surface area contributed by atoms with Crippen molar-refractivity contribution in [1.82, 2.24) is 0 Å². The summed E-state index contributed by atoms with van der Waals surface area (Å²) in [6, 6.07) is 4.89. The quantitative estimate of drug-likeness (QED) is 0.559. The third kappa shape index (κ3) is 1.84. The molecule has 0 bridgehead atoms. The topological polar surface area (TPSA) is 89.1 Å². The van der Waals surface area contributed by atoms with Gasteiger partial charge in [0.2, 0.25) is 5.75 Å². The molecule has 114 valence electrons. The Bertz CT molecular complexity index is 955. The maximum Gasteiger partial charge on any atom is 0.382 e. The summed E-state index contributed by atoms with van der Waals surface area (Å²) in [5, 5.41) is 21.5. The van der Waals surface area contributed by atoms with E-state index in [4.69, 9.17) is 13.9 Å². The van der Waals surface area contributed by atoms with Crippen LogP contribution in [0.3, 0.4) is 0 Å². The Morgan fingerprint density at radius 2 is 1.77 bits per heavy atom. The van der Waals surface area contributed by atoms with Gasteiger partial charge in [-0.1, -0.05) is 0 Å². The number of phenolic OH excluding ortho intramolecular Hbond substituents is 1. The first kappa shape index (κ1) is 14.1. The van der Waals surface area contributed by atoms with E-state index in [1.54, 1.807) is 12.1 Å². The highest BCUT2D eigenvalue weighted by Crippen LogP contribution is 2.41. The van der Waals surface area contributed by atoms with Gasteiger partial charge < -0.3 is 24.1 Å². The number of ether oxygens (including phenoxy) is 2. The van der Waals surface area contributed by atoms with Crippen molar-refractivity contribution in [1.29, 1.82) is 0 Å². The van der Waals surface area contributed by atoms with E-state index < -0.39 is 11.4 Å². The molecule has 2 N–H and O–H groups in total. The first-order valence-electron chi connectivity index (χ1n) is 6.52. The molecule has 6 heteroatoms. The Labute approximate surface area is 125 Å². The standard InChI is InChI=1S/C16H14O6/c1-7-4-10-14(22-16(19)13(18)15(10)21-3)12-9(7)5-8(20-2)6-11(12)17/h4-6,17-18H,1-3H3. The van der Waals surface area contributed by atoms with Crippen molar-refractivity contribution in [3.8, 4) is 23.0 Å². The van der Waals surface area contributed by atoms with Gasteiger partial charge in [-0.2, -0.15) is 0 Å². The Hall–Kier alpha value is -2.89. The van der Waals surface area contributed by atoms with Gasteiger partial charge in [0.1, 0.15) is 11.5 Å². The second kappa shape index (κ2) is 4.84. The van der Waals surface area contributed by atoms with Crippen LogP contribution in [0.4, 0.5) is 0 Å². The van der Waals surface area contributed by atoms with Crippen LogP contribution in [0, 0.1) is 6.92 Å². The maximum absolute atomic E-state index is 11.8. The summed E-state index contributed by atoms with van der Waals surface area (Å²) in [6.45, 7) is 1.84. The fourth-order valence-electron chi connectivity index (χ4n) is 2.61. The summed E-state index contributed by atoms with van der Waals surface area (Å²) in [4.78, 5) is 11.8. The minimum Gasteiger partial charge on any atom is -0.507 e. The molecule has 3 aromatic rings. The highest BCUT2D eigenvalue weighted by molar-refractivity contribution is 6.11. The lowest BCUT2D eigenvalue weighted by molar-refractivity contribution is 0.358. The van der Waals surface area contributed by atoms with Gasteiger partial charge in [-0.05, 0) is 30.0 Å². The first-order chi connectivity index (χ1) is 10.5. The Kier molecular flexibility index (Phi) is 3.09. The second-order valence-electron chi connectivity index (χ2n) is 4.91. The molecular weight excluding hydrogens is 288 g/mol. The minimum atomic E-state index is -0.926. The van der Waals surface area contributed by atoms with Crippen molar-refractivity contribution in [2.75, 3.05) is 14.2 Å². The fourth-order valence-corrected chi connectivity index (χ4v) is 2.61. The van der Waals surface area contributed by atoms with E-state index in [0.29, 0.717) is 21.9 Å². The molecule has 0 aliphatic heterocycles. The predicted octanol–water partition coefficient (Wildman–Crippen LogP) is 2.68. The molecule has 0 atom stereocenters. The van der Waals surface area contributed by atoms with Crippen molar-refractivity contribution in [2.45, 2.75) is 6.92 Å². The Balaban J connectivity index is 2.62. The fraction of sp³-hybridized carbons (Fsp3) is 0.188. The van der Waals surface area contributed by atoms with E-state index in [1.165, 1.54) is 20.3 Å². The van der Waals surface area contributed by atoms with Gasteiger partial charge in [0.15, 0.2) is 11.3 Å². The molecule has 22 heavy (non-hydrogen) atoms. The summed E-state index contributed by atoms with van der Waals surface area (Å²) in [7, 11) is 2.85. The largest absolute Gasteiger partial charge is 0.507 e. The van der Waals surface area contributed by atoms with Crippen LogP contribution in [0.1, 0.15) is 5.56 Å². The molecule has 0 unspecified atom stereocenters. The monoisotopic (exact) mass is 302 g/mol. The van der Waals surface area contributed by atoms with Gasteiger partial charge in [-0.15, -0.1) is 0 Å². The van der Waals surface area contributed by atoms with Crippen molar-refractivity contribution < 1.29 is 24.1 Å². The van der Waals surface area contributed by atoms with Crippen LogP contribution >= 0.6 is 0 Å². The van der Waals surface area contributed by atoms with E-state index in [-0.39, 0.29) is 17.1 Å². The molecule has 1 heterocycles. The highest BCUT2D eigenvalue weighted by atomic mass is 16.5. The molecule has 1 aromatic heterocycles. The Morgan fingerprint density at radius 3 is 2.41 bits per heavy atom. The zero-order valence-electron chi connectivity index (χ0n) is 12.3. The molecule has 0 aliphatic rings.